The number of nitrogens with one attached hydrogen (secondary N) is 2. The van der Waals surface area contributed by atoms with E-state index in [0.717, 1.165) is 0 Å². The van der Waals surface area contributed by atoms with Crippen LogP contribution in [0.2, 0.25) is 5.02 Å². The fourth-order valence-corrected chi connectivity index (χ4v) is 2.93. The Morgan fingerprint density at radius 2 is 1.78 bits per heavy atom. The summed E-state index contributed by atoms with van der Waals surface area (Å²) < 4.78 is 13.0. The standard InChI is InChI=1S/C19H17ClFN3O3/c20-13-1-5-15(6-2-13)23-17(25)10-22-19(27)12-9-18(26)24(11-12)16-7-3-14(21)4-8-16/h1-8,12H,9-11H2,(H,22,27)(H,23,25). The Labute approximate surface area is 160 Å². The van der Waals surface area contributed by atoms with Crippen LogP contribution in [-0.4, -0.2) is 30.8 Å². The fourth-order valence-electron chi connectivity index (χ4n) is 2.80. The predicted molar refractivity (Wildman–Crippen MR) is 100.0 cm³/mol. The zero-order valence-electron chi connectivity index (χ0n) is 14.2. The molecule has 1 saturated heterocycles. The number of carbonyl (C=O) groups is 3. The molecule has 0 saturated carbocycles. The summed E-state index contributed by atoms with van der Waals surface area (Å²) in [5, 5.41) is 5.73. The highest BCUT2D eigenvalue weighted by atomic mass is 35.5. The third-order valence-corrected chi connectivity index (χ3v) is 4.44. The van der Waals surface area contributed by atoms with Gasteiger partial charge in [-0.25, -0.2) is 4.39 Å². The molecule has 3 rings (SSSR count). The van der Waals surface area contributed by atoms with Crippen molar-refractivity contribution >= 4 is 40.7 Å². The van der Waals surface area contributed by atoms with Gasteiger partial charge in [0, 0.05) is 29.4 Å². The van der Waals surface area contributed by atoms with Crippen molar-refractivity contribution < 1.29 is 18.8 Å². The normalized spacial score (nSPS) is 16.3. The van der Waals surface area contributed by atoms with Crippen LogP contribution in [0.3, 0.4) is 0 Å². The second-order valence-electron chi connectivity index (χ2n) is 6.15. The first kappa shape index (κ1) is 18.8. The van der Waals surface area contributed by atoms with Gasteiger partial charge in [0.05, 0.1) is 12.5 Å². The van der Waals surface area contributed by atoms with Crippen molar-refractivity contribution in [2.75, 3.05) is 23.3 Å². The lowest BCUT2D eigenvalue weighted by Crippen LogP contribution is -2.37. The molecule has 27 heavy (non-hydrogen) atoms. The average molecular weight is 390 g/mol. The Kier molecular flexibility index (Phi) is 5.71. The van der Waals surface area contributed by atoms with Crippen LogP contribution in [0.1, 0.15) is 6.42 Å². The summed E-state index contributed by atoms with van der Waals surface area (Å²) in [7, 11) is 0. The molecule has 0 radical (unpaired) electrons. The molecule has 1 aliphatic heterocycles. The maximum absolute atomic E-state index is 13.0. The minimum absolute atomic E-state index is 0.0437. The molecule has 2 aromatic carbocycles. The molecule has 1 atom stereocenters. The maximum Gasteiger partial charge on any atom is 0.243 e. The van der Waals surface area contributed by atoms with Gasteiger partial charge in [-0.2, -0.15) is 0 Å². The molecular weight excluding hydrogens is 373 g/mol. The fraction of sp³-hybridized carbons (Fsp3) is 0.211. The van der Waals surface area contributed by atoms with E-state index in [1.807, 2.05) is 0 Å². The van der Waals surface area contributed by atoms with Crippen molar-refractivity contribution in [3.63, 3.8) is 0 Å². The molecule has 140 valence electrons. The lowest BCUT2D eigenvalue weighted by Gasteiger charge is -2.16. The molecular formula is C19H17ClFN3O3. The van der Waals surface area contributed by atoms with E-state index in [0.29, 0.717) is 16.4 Å². The lowest BCUT2D eigenvalue weighted by molar-refractivity contribution is -0.127. The summed E-state index contributed by atoms with van der Waals surface area (Å²) >= 11 is 5.78. The van der Waals surface area contributed by atoms with Gasteiger partial charge in [-0.3, -0.25) is 14.4 Å². The van der Waals surface area contributed by atoms with Gasteiger partial charge in [0.25, 0.3) is 0 Å². The van der Waals surface area contributed by atoms with Crippen molar-refractivity contribution in [2.24, 2.45) is 5.92 Å². The number of benzene rings is 2. The lowest BCUT2D eigenvalue weighted by atomic mass is 10.1. The summed E-state index contributed by atoms with van der Waals surface area (Å²) in [6.45, 7) is -0.0161. The predicted octanol–water partition coefficient (Wildman–Crippen LogP) is 2.59. The van der Waals surface area contributed by atoms with Crippen LogP contribution in [0, 0.1) is 11.7 Å². The van der Waals surface area contributed by atoms with E-state index in [1.54, 1.807) is 24.3 Å². The van der Waals surface area contributed by atoms with Crippen molar-refractivity contribution in [1.82, 2.24) is 5.32 Å². The van der Waals surface area contributed by atoms with Gasteiger partial charge in [0.2, 0.25) is 17.7 Å². The third kappa shape index (κ3) is 4.83. The third-order valence-electron chi connectivity index (χ3n) is 4.19. The van der Waals surface area contributed by atoms with E-state index >= 15 is 0 Å². The Bertz CT molecular complexity index is 856. The molecule has 0 bridgehead atoms. The molecule has 2 N–H and O–H groups in total. The highest BCUT2D eigenvalue weighted by Gasteiger charge is 2.35. The van der Waals surface area contributed by atoms with E-state index in [2.05, 4.69) is 10.6 Å². The monoisotopic (exact) mass is 389 g/mol. The largest absolute Gasteiger partial charge is 0.347 e. The number of hydrogen-bond donors (Lipinski definition) is 2. The van der Waals surface area contributed by atoms with E-state index in [1.165, 1.54) is 29.2 Å². The van der Waals surface area contributed by atoms with Gasteiger partial charge in [0.15, 0.2) is 0 Å². The van der Waals surface area contributed by atoms with E-state index in [4.69, 9.17) is 11.6 Å². The number of carbonyl (C=O) groups excluding carboxylic acids is 3. The number of amides is 3. The van der Waals surface area contributed by atoms with Crippen molar-refractivity contribution in [2.45, 2.75) is 6.42 Å². The molecule has 1 heterocycles. The summed E-state index contributed by atoms with van der Waals surface area (Å²) in [5.74, 6) is -1.94. The summed E-state index contributed by atoms with van der Waals surface area (Å²) in [5.41, 5.74) is 1.11. The molecule has 1 aliphatic rings. The first-order valence-electron chi connectivity index (χ1n) is 8.31. The first-order chi connectivity index (χ1) is 12.9. The average Bonchev–Trinajstić information content (AvgIpc) is 3.04. The Morgan fingerprint density at radius 3 is 2.44 bits per heavy atom. The maximum atomic E-state index is 13.0. The molecule has 0 aromatic heterocycles. The first-order valence-corrected chi connectivity index (χ1v) is 8.69. The van der Waals surface area contributed by atoms with Crippen LogP contribution in [0.25, 0.3) is 0 Å². The van der Waals surface area contributed by atoms with E-state index in [-0.39, 0.29) is 37.2 Å². The Balaban J connectivity index is 1.51. The highest BCUT2D eigenvalue weighted by molar-refractivity contribution is 6.30. The second kappa shape index (κ2) is 8.18. The summed E-state index contributed by atoms with van der Waals surface area (Å²) in [4.78, 5) is 37.8. The number of hydrogen-bond acceptors (Lipinski definition) is 3. The molecule has 2 aromatic rings. The molecule has 8 heteroatoms. The zero-order chi connectivity index (χ0) is 19.4. The van der Waals surface area contributed by atoms with Crippen LogP contribution in [-0.2, 0) is 14.4 Å². The number of nitrogens with zero attached hydrogens (tertiary/aromatic N) is 1. The van der Waals surface area contributed by atoms with Crippen LogP contribution in [0.5, 0.6) is 0 Å². The van der Waals surface area contributed by atoms with Gasteiger partial charge >= 0.3 is 0 Å². The summed E-state index contributed by atoms with van der Waals surface area (Å²) in [6.07, 6.45) is 0.0437. The minimum atomic E-state index is -0.564. The molecule has 6 nitrogen and oxygen atoms in total. The van der Waals surface area contributed by atoms with Crippen molar-refractivity contribution in [3.8, 4) is 0 Å². The van der Waals surface area contributed by atoms with Crippen LogP contribution in [0.4, 0.5) is 15.8 Å². The van der Waals surface area contributed by atoms with Crippen LogP contribution < -0.4 is 15.5 Å². The van der Waals surface area contributed by atoms with Gasteiger partial charge in [-0.05, 0) is 48.5 Å². The van der Waals surface area contributed by atoms with E-state index < -0.39 is 11.7 Å². The molecule has 0 spiro atoms. The molecule has 1 unspecified atom stereocenters. The highest BCUT2D eigenvalue weighted by Crippen LogP contribution is 2.25. The second-order valence-corrected chi connectivity index (χ2v) is 6.59. The van der Waals surface area contributed by atoms with Gasteiger partial charge in [-0.15, -0.1) is 0 Å². The van der Waals surface area contributed by atoms with Crippen molar-refractivity contribution in [3.05, 3.63) is 59.4 Å². The van der Waals surface area contributed by atoms with Crippen LogP contribution in [0.15, 0.2) is 48.5 Å². The molecule has 3 amide bonds. The Hall–Kier alpha value is -2.93. The smallest absolute Gasteiger partial charge is 0.243 e. The zero-order valence-corrected chi connectivity index (χ0v) is 15.0. The van der Waals surface area contributed by atoms with Crippen LogP contribution >= 0.6 is 11.6 Å². The number of anilines is 2. The topological polar surface area (TPSA) is 78.5 Å². The van der Waals surface area contributed by atoms with Crippen molar-refractivity contribution in [1.29, 1.82) is 0 Å². The molecule has 1 fully saturated rings. The van der Waals surface area contributed by atoms with Gasteiger partial charge in [0.1, 0.15) is 5.82 Å². The minimum Gasteiger partial charge on any atom is -0.347 e. The number of halogens is 2. The van der Waals surface area contributed by atoms with E-state index in [9.17, 15) is 18.8 Å². The quantitative estimate of drug-likeness (QED) is 0.825. The SMILES string of the molecule is O=C(CNC(=O)C1CC(=O)N(c2ccc(F)cc2)C1)Nc1ccc(Cl)cc1. The summed E-state index contributed by atoms with van der Waals surface area (Å²) in [6, 6.07) is 12.1. The van der Waals surface area contributed by atoms with Gasteiger partial charge in [-0.1, -0.05) is 11.6 Å². The van der Waals surface area contributed by atoms with Gasteiger partial charge < -0.3 is 15.5 Å². The number of rotatable bonds is 5. The molecule has 0 aliphatic carbocycles. The Morgan fingerprint density at radius 1 is 1.11 bits per heavy atom.